The highest BCUT2D eigenvalue weighted by molar-refractivity contribution is 6.06. The average Bonchev–Trinajstić information content (AvgIpc) is 2.94. The van der Waals surface area contributed by atoms with Crippen molar-refractivity contribution in [1.82, 2.24) is 10.3 Å². The maximum Gasteiger partial charge on any atom is 0.251 e. The summed E-state index contributed by atoms with van der Waals surface area (Å²) >= 11 is 0. The van der Waals surface area contributed by atoms with Gasteiger partial charge in [-0.05, 0) is 36.5 Å². The number of amides is 1. The van der Waals surface area contributed by atoms with Crippen LogP contribution in [0.3, 0.4) is 0 Å². The molecule has 3 heteroatoms. The molecule has 1 fully saturated rings. The molecule has 2 unspecified atom stereocenters. The third-order valence-electron chi connectivity index (χ3n) is 4.65. The van der Waals surface area contributed by atoms with E-state index >= 15 is 0 Å². The molecule has 1 aliphatic rings. The van der Waals surface area contributed by atoms with Gasteiger partial charge in [-0.25, -0.2) is 0 Å². The lowest BCUT2D eigenvalue weighted by Crippen LogP contribution is -2.33. The molecule has 20 heavy (non-hydrogen) atoms. The number of nitrogens with one attached hydrogen (secondary N) is 2. The van der Waals surface area contributed by atoms with Crippen LogP contribution in [0.15, 0.2) is 30.5 Å². The van der Waals surface area contributed by atoms with Gasteiger partial charge in [-0.15, -0.1) is 0 Å². The van der Waals surface area contributed by atoms with E-state index < -0.39 is 0 Å². The van der Waals surface area contributed by atoms with Gasteiger partial charge < -0.3 is 10.3 Å². The van der Waals surface area contributed by atoms with Gasteiger partial charge in [-0.3, -0.25) is 4.79 Å². The summed E-state index contributed by atoms with van der Waals surface area (Å²) < 4.78 is 0. The highest BCUT2D eigenvalue weighted by Crippen LogP contribution is 2.29. The smallest absolute Gasteiger partial charge is 0.251 e. The summed E-state index contributed by atoms with van der Waals surface area (Å²) in [6.45, 7) is 3.11. The molecular weight excluding hydrogens is 248 g/mol. The Morgan fingerprint density at radius 2 is 2.15 bits per heavy atom. The van der Waals surface area contributed by atoms with Crippen LogP contribution in [0.2, 0.25) is 0 Å². The van der Waals surface area contributed by atoms with Gasteiger partial charge in [0.1, 0.15) is 0 Å². The Bertz CT molecular complexity index is 602. The summed E-state index contributed by atoms with van der Waals surface area (Å²) in [4.78, 5) is 15.5. The fourth-order valence-corrected chi connectivity index (χ4v) is 3.30. The molecule has 2 N–H and O–H groups in total. The summed E-state index contributed by atoms with van der Waals surface area (Å²) in [6.07, 6.45) is 7.07. The first-order valence-corrected chi connectivity index (χ1v) is 7.60. The first kappa shape index (κ1) is 13.2. The van der Waals surface area contributed by atoms with Gasteiger partial charge in [-0.1, -0.05) is 32.3 Å². The Morgan fingerprint density at radius 1 is 1.30 bits per heavy atom. The van der Waals surface area contributed by atoms with Gasteiger partial charge in [0.25, 0.3) is 5.91 Å². The van der Waals surface area contributed by atoms with E-state index in [4.69, 9.17) is 0 Å². The van der Waals surface area contributed by atoms with Gasteiger partial charge in [0, 0.05) is 29.2 Å². The van der Waals surface area contributed by atoms with Crippen molar-refractivity contribution in [3.8, 4) is 0 Å². The molecule has 3 nitrogen and oxygen atoms in total. The first-order valence-electron chi connectivity index (χ1n) is 7.60. The van der Waals surface area contributed by atoms with Crippen LogP contribution in [0.5, 0.6) is 0 Å². The molecule has 1 aliphatic carbocycles. The Hall–Kier alpha value is -1.77. The molecule has 3 rings (SSSR count). The Balaban J connectivity index is 1.68. The Kier molecular flexibility index (Phi) is 3.77. The Labute approximate surface area is 119 Å². The van der Waals surface area contributed by atoms with Crippen molar-refractivity contribution >= 4 is 16.8 Å². The van der Waals surface area contributed by atoms with Gasteiger partial charge in [-0.2, -0.15) is 0 Å². The standard InChI is InChI=1S/C17H22N2O/c1-12-5-2-3-6-13(12)11-19-17(20)15-7-4-8-16-14(15)9-10-18-16/h4,7-10,12-13,18H,2-3,5-6,11H2,1H3,(H,19,20). The van der Waals surface area contributed by atoms with Crippen LogP contribution in [-0.2, 0) is 0 Å². The van der Waals surface area contributed by atoms with Gasteiger partial charge in [0.15, 0.2) is 0 Å². The second-order valence-corrected chi connectivity index (χ2v) is 5.98. The number of carbonyl (C=O) groups is 1. The van der Waals surface area contributed by atoms with Crippen LogP contribution < -0.4 is 5.32 Å². The second-order valence-electron chi connectivity index (χ2n) is 5.98. The minimum atomic E-state index is 0.0490. The van der Waals surface area contributed by atoms with E-state index in [-0.39, 0.29) is 5.91 Å². The van der Waals surface area contributed by atoms with E-state index in [2.05, 4.69) is 17.2 Å². The summed E-state index contributed by atoms with van der Waals surface area (Å²) in [5, 5.41) is 4.13. The number of carbonyl (C=O) groups excluding carboxylic acids is 1. The minimum absolute atomic E-state index is 0.0490. The number of hydrogen-bond donors (Lipinski definition) is 2. The molecule has 2 aromatic rings. The van der Waals surface area contributed by atoms with Crippen molar-refractivity contribution < 1.29 is 4.79 Å². The molecule has 0 bridgehead atoms. The number of aromatic nitrogens is 1. The lowest BCUT2D eigenvalue weighted by atomic mass is 9.80. The number of benzene rings is 1. The Morgan fingerprint density at radius 3 is 3.00 bits per heavy atom. The number of fused-ring (bicyclic) bond motifs is 1. The summed E-state index contributed by atoms with van der Waals surface area (Å²) in [5.74, 6) is 1.42. The van der Waals surface area contributed by atoms with E-state index in [9.17, 15) is 4.79 Å². The average molecular weight is 270 g/mol. The molecule has 1 aromatic carbocycles. The zero-order valence-corrected chi connectivity index (χ0v) is 12.0. The third-order valence-corrected chi connectivity index (χ3v) is 4.65. The van der Waals surface area contributed by atoms with Crippen LogP contribution in [0.25, 0.3) is 10.9 Å². The fraction of sp³-hybridized carbons (Fsp3) is 0.471. The maximum absolute atomic E-state index is 12.4. The molecular formula is C17H22N2O. The fourth-order valence-electron chi connectivity index (χ4n) is 3.30. The normalized spacial score (nSPS) is 22.9. The number of H-pyrrole nitrogens is 1. The molecule has 0 aliphatic heterocycles. The summed E-state index contributed by atoms with van der Waals surface area (Å²) in [5.41, 5.74) is 1.79. The molecule has 2 atom stereocenters. The van der Waals surface area contributed by atoms with Crippen LogP contribution in [0.4, 0.5) is 0 Å². The molecule has 106 valence electrons. The zero-order chi connectivity index (χ0) is 13.9. The van der Waals surface area contributed by atoms with Crippen LogP contribution in [-0.4, -0.2) is 17.4 Å². The molecule has 1 aromatic heterocycles. The summed E-state index contributed by atoms with van der Waals surface area (Å²) in [6, 6.07) is 7.79. The SMILES string of the molecule is CC1CCCCC1CNC(=O)c1cccc2[nH]ccc12. The van der Waals surface area contributed by atoms with Crippen LogP contribution >= 0.6 is 0 Å². The lowest BCUT2D eigenvalue weighted by Gasteiger charge is -2.28. The largest absolute Gasteiger partial charge is 0.361 e. The van der Waals surface area contributed by atoms with Crippen molar-refractivity contribution in [2.24, 2.45) is 11.8 Å². The first-order chi connectivity index (χ1) is 9.75. The van der Waals surface area contributed by atoms with E-state index in [1.807, 2.05) is 30.5 Å². The summed E-state index contributed by atoms with van der Waals surface area (Å²) in [7, 11) is 0. The number of hydrogen-bond acceptors (Lipinski definition) is 1. The highest BCUT2D eigenvalue weighted by atomic mass is 16.1. The topological polar surface area (TPSA) is 44.9 Å². The second kappa shape index (κ2) is 5.70. The zero-order valence-electron chi connectivity index (χ0n) is 12.0. The van der Waals surface area contributed by atoms with E-state index in [1.54, 1.807) is 0 Å². The van der Waals surface area contributed by atoms with E-state index in [0.29, 0.717) is 5.92 Å². The predicted molar refractivity (Wildman–Crippen MR) is 81.8 cm³/mol. The molecule has 0 radical (unpaired) electrons. The molecule has 0 spiro atoms. The van der Waals surface area contributed by atoms with Crippen molar-refractivity contribution in [2.45, 2.75) is 32.6 Å². The van der Waals surface area contributed by atoms with Crippen molar-refractivity contribution in [3.05, 3.63) is 36.0 Å². The maximum atomic E-state index is 12.4. The molecule has 1 heterocycles. The highest BCUT2D eigenvalue weighted by Gasteiger charge is 2.22. The van der Waals surface area contributed by atoms with Crippen LogP contribution in [0, 0.1) is 11.8 Å². The van der Waals surface area contributed by atoms with Crippen molar-refractivity contribution in [1.29, 1.82) is 0 Å². The van der Waals surface area contributed by atoms with E-state index in [1.165, 1.54) is 25.7 Å². The van der Waals surface area contributed by atoms with Crippen LogP contribution in [0.1, 0.15) is 43.0 Å². The predicted octanol–water partition coefficient (Wildman–Crippen LogP) is 3.72. The number of rotatable bonds is 3. The molecule has 0 saturated heterocycles. The quantitative estimate of drug-likeness (QED) is 0.877. The number of aromatic amines is 1. The lowest BCUT2D eigenvalue weighted by molar-refractivity contribution is 0.0938. The third kappa shape index (κ3) is 2.58. The van der Waals surface area contributed by atoms with Crippen molar-refractivity contribution in [3.63, 3.8) is 0 Å². The van der Waals surface area contributed by atoms with Crippen molar-refractivity contribution in [2.75, 3.05) is 6.54 Å². The van der Waals surface area contributed by atoms with Gasteiger partial charge in [0.2, 0.25) is 0 Å². The van der Waals surface area contributed by atoms with E-state index in [0.717, 1.165) is 28.9 Å². The molecule has 1 amide bonds. The van der Waals surface area contributed by atoms with Gasteiger partial charge in [0.05, 0.1) is 0 Å². The minimum Gasteiger partial charge on any atom is -0.361 e. The van der Waals surface area contributed by atoms with Gasteiger partial charge >= 0.3 is 0 Å². The monoisotopic (exact) mass is 270 g/mol. The molecule has 1 saturated carbocycles.